The molecule has 0 saturated carbocycles. The molecule has 1 aliphatic heterocycles. The Morgan fingerprint density at radius 1 is 1.37 bits per heavy atom. The molecule has 0 spiro atoms. The van der Waals surface area contributed by atoms with Crippen molar-refractivity contribution in [2.24, 2.45) is 0 Å². The fourth-order valence-electron chi connectivity index (χ4n) is 2.09. The van der Waals surface area contributed by atoms with Crippen molar-refractivity contribution in [2.45, 2.75) is 50.2 Å². The van der Waals surface area contributed by atoms with Crippen LogP contribution in [0, 0.1) is 0 Å². The first-order valence-corrected chi connectivity index (χ1v) is 9.09. The highest BCUT2D eigenvalue weighted by molar-refractivity contribution is 8.06. The third-order valence-electron chi connectivity index (χ3n) is 3.08. The molecule has 2 unspecified atom stereocenters. The third-order valence-corrected chi connectivity index (χ3v) is 6.32. The van der Waals surface area contributed by atoms with Crippen LogP contribution in [0.2, 0.25) is 0 Å². The van der Waals surface area contributed by atoms with Crippen LogP contribution in [0.15, 0.2) is 4.52 Å². The Balaban J connectivity index is 1.91. The van der Waals surface area contributed by atoms with E-state index in [0.717, 1.165) is 24.7 Å². The summed E-state index contributed by atoms with van der Waals surface area (Å²) in [7, 11) is 0. The topological polar surface area (TPSA) is 51.0 Å². The number of hydrogen-bond donors (Lipinski definition) is 1. The van der Waals surface area contributed by atoms with Crippen LogP contribution < -0.4 is 5.32 Å². The fourth-order valence-corrected chi connectivity index (χ4v) is 5.08. The lowest BCUT2D eigenvalue weighted by Gasteiger charge is -2.27. The van der Waals surface area contributed by atoms with E-state index in [1.54, 1.807) is 0 Å². The van der Waals surface area contributed by atoms with Crippen molar-refractivity contribution < 1.29 is 4.52 Å². The summed E-state index contributed by atoms with van der Waals surface area (Å²) in [4.78, 5) is 4.58. The molecule has 2 rings (SSSR count). The van der Waals surface area contributed by atoms with E-state index in [4.69, 9.17) is 4.52 Å². The summed E-state index contributed by atoms with van der Waals surface area (Å²) in [5, 5.41) is 8.58. The predicted molar refractivity (Wildman–Crippen MR) is 82.9 cm³/mol. The smallest absolute Gasteiger partial charge is 0.227 e. The summed E-state index contributed by atoms with van der Waals surface area (Å²) in [6.45, 7) is 7.41. The second-order valence-corrected chi connectivity index (χ2v) is 7.61. The SMILES string of the molecule is CCC1SCCSC1c1noc(CCNC(C)C)n1. The molecule has 1 aromatic rings. The average Bonchev–Trinajstić information content (AvgIpc) is 2.87. The summed E-state index contributed by atoms with van der Waals surface area (Å²) >= 11 is 4.01. The molecule has 0 radical (unpaired) electrons. The molecule has 19 heavy (non-hydrogen) atoms. The minimum absolute atomic E-state index is 0.402. The van der Waals surface area contributed by atoms with Crippen LogP contribution in [0.4, 0.5) is 0 Å². The van der Waals surface area contributed by atoms with Crippen molar-refractivity contribution in [3.05, 3.63) is 11.7 Å². The zero-order valence-corrected chi connectivity index (χ0v) is 13.5. The predicted octanol–water partition coefficient (Wildman–Crippen LogP) is 2.91. The van der Waals surface area contributed by atoms with Crippen LogP contribution in [0.3, 0.4) is 0 Å². The van der Waals surface area contributed by atoms with E-state index in [9.17, 15) is 0 Å². The molecule has 1 fully saturated rings. The van der Waals surface area contributed by atoms with Crippen LogP contribution in [-0.4, -0.2) is 39.5 Å². The maximum Gasteiger partial charge on any atom is 0.227 e. The third kappa shape index (κ3) is 4.39. The Morgan fingerprint density at radius 3 is 2.89 bits per heavy atom. The molecule has 0 amide bonds. The van der Waals surface area contributed by atoms with Crippen LogP contribution in [0.5, 0.6) is 0 Å². The number of rotatable bonds is 6. The van der Waals surface area contributed by atoms with E-state index in [2.05, 4.69) is 36.2 Å². The van der Waals surface area contributed by atoms with Gasteiger partial charge in [0.15, 0.2) is 5.82 Å². The molecular weight excluding hydrogens is 278 g/mol. The molecule has 2 atom stereocenters. The quantitative estimate of drug-likeness (QED) is 0.872. The Labute approximate surface area is 123 Å². The minimum Gasteiger partial charge on any atom is -0.339 e. The lowest BCUT2D eigenvalue weighted by molar-refractivity contribution is 0.368. The number of aromatic nitrogens is 2. The first-order chi connectivity index (χ1) is 9.20. The van der Waals surface area contributed by atoms with Crippen molar-refractivity contribution in [1.29, 1.82) is 0 Å². The Morgan fingerprint density at radius 2 is 2.16 bits per heavy atom. The molecule has 108 valence electrons. The summed E-state index contributed by atoms with van der Waals surface area (Å²) in [6.07, 6.45) is 1.98. The average molecular weight is 301 g/mol. The second-order valence-electron chi connectivity index (χ2n) is 5.01. The van der Waals surface area contributed by atoms with Gasteiger partial charge in [0.1, 0.15) is 0 Å². The van der Waals surface area contributed by atoms with E-state index in [-0.39, 0.29) is 0 Å². The van der Waals surface area contributed by atoms with Crippen molar-refractivity contribution in [2.75, 3.05) is 18.1 Å². The summed E-state index contributed by atoms with van der Waals surface area (Å²) in [6, 6.07) is 0.497. The van der Waals surface area contributed by atoms with Crippen molar-refractivity contribution in [3.8, 4) is 0 Å². The molecule has 0 aliphatic carbocycles. The standard InChI is InChI=1S/C13H23N3OS2/c1-4-10-12(19-8-7-18-10)13-15-11(17-16-13)5-6-14-9(2)3/h9-10,12,14H,4-8H2,1-3H3. The Hall–Kier alpha value is -0.200. The van der Waals surface area contributed by atoms with Crippen LogP contribution in [0.1, 0.15) is 44.2 Å². The number of thioether (sulfide) groups is 2. The van der Waals surface area contributed by atoms with Gasteiger partial charge in [-0.15, -0.1) is 11.8 Å². The molecule has 4 nitrogen and oxygen atoms in total. The van der Waals surface area contributed by atoms with Gasteiger partial charge in [0.25, 0.3) is 0 Å². The Bertz CT molecular complexity index is 384. The Kier molecular flexibility index (Phi) is 6.04. The molecular formula is C13H23N3OS2. The number of nitrogens with zero attached hydrogens (tertiary/aromatic N) is 2. The first kappa shape index (κ1) is 15.2. The minimum atomic E-state index is 0.402. The zero-order chi connectivity index (χ0) is 13.7. The van der Waals surface area contributed by atoms with E-state index in [1.165, 1.54) is 17.9 Å². The maximum atomic E-state index is 5.37. The van der Waals surface area contributed by atoms with Crippen molar-refractivity contribution >= 4 is 23.5 Å². The maximum absolute atomic E-state index is 5.37. The van der Waals surface area contributed by atoms with E-state index >= 15 is 0 Å². The normalized spacial score (nSPS) is 24.0. The van der Waals surface area contributed by atoms with E-state index < -0.39 is 0 Å². The van der Waals surface area contributed by atoms with Crippen LogP contribution in [0.25, 0.3) is 0 Å². The fraction of sp³-hybridized carbons (Fsp3) is 0.846. The van der Waals surface area contributed by atoms with Gasteiger partial charge in [-0.2, -0.15) is 16.7 Å². The molecule has 1 saturated heterocycles. The van der Waals surface area contributed by atoms with Gasteiger partial charge in [0.2, 0.25) is 5.89 Å². The first-order valence-electron chi connectivity index (χ1n) is 6.99. The molecule has 6 heteroatoms. The molecule has 1 aromatic heterocycles. The molecule has 0 bridgehead atoms. The second kappa shape index (κ2) is 7.55. The van der Waals surface area contributed by atoms with Gasteiger partial charge < -0.3 is 9.84 Å². The summed E-state index contributed by atoms with van der Waals surface area (Å²) in [5.74, 6) is 4.07. The highest BCUT2D eigenvalue weighted by atomic mass is 32.2. The van der Waals surface area contributed by atoms with Gasteiger partial charge in [0, 0.05) is 35.8 Å². The van der Waals surface area contributed by atoms with E-state index in [1.807, 2.05) is 23.5 Å². The van der Waals surface area contributed by atoms with Gasteiger partial charge in [-0.1, -0.05) is 25.9 Å². The molecule has 0 aromatic carbocycles. The van der Waals surface area contributed by atoms with Gasteiger partial charge in [0.05, 0.1) is 5.25 Å². The lowest BCUT2D eigenvalue weighted by atomic mass is 10.2. The molecule has 1 N–H and O–H groups in total. The van der Waals surface area contributed by atoms with Crippen molar-refractivity contribution in [1.82, 2.24) is 15.5 Å². The van der Waals surface area contributed by atoms with Crippen molar-refractivity contribution in [3.63, 3.8) is 0 Å². The highest BCUT2D eigenvalue weighted by Crippen LogP contribution is 2.42. The highest BCUT2D eigenvalue weighted by Gasteiger charge is 2.30. The van der Waals surface area contributed by atoms with Gasteiger partial charge in [-0.3, -0.25) is 0 Å². The van der Waals surface area contributed by atoms with E-state index in [0.29, 0.717) is 16.5 Å². The van der Waals surface area contributed by atoms with Crippen LogP contribution in [-0.2, 0) is 6.42 Å². The largest absolute Gasteiger partial charge is 0.339 e. The van der Waals surface area contributed by atoms with Gasteiger partial charge in [-0.05, 0) is 6.42 Å². The molecule has 2 heterocycles. The summed E-state index contributed by atoms with van der Waals surface area (Å²) in [5.41, 5.74) is 0. The van der Waals surface area contributed by atoms with Crippen LogP contribution >= 0.6 is 23.5 Å². The monoisotopic (exact) mass is 301 g/mol. The zero-order valence-electron chi connectivity index (χ0n) is 11.9. The lowest BCUT2D eigenvalue weighted by Crippen LogP contribution is -2.25. The van der Waals surface area contributed by atoms with Gasteiger partial charge >= 0.3 is 0 Å². The summed E-state index contributed by atoms with van der Waals surface area (Å²) < 4.78 is 5.37. The number of hydrogen-bond acceptors (Lipinski definition) is 6. The molecule has 1 aliphatic rings. The van der Waals surface area contributed by atoms with Gasteiger partial charge in [-0.25, -0.2) is 0 Å². The number of nitrogens with one attached hydrogen (secondary N) is 1.